The molecule has 0 N–H and O–H groups in total. The van der Waals surface area contributed by atoms with Crippen molar-refractivity contribution in [2.75, 3.05) is 14.1 Å². The number of hydrogen-bond acceptors (Lipinski definition) is 6. The molecule has 0 aliphatic carbocycles. The van der Waals surface area contributed by atoms with Crippen molar-refractivity contribution in [2.45, 2.75) is 89.1 Å². The zero-order valence-corrected chi connectivity index (χ0v) is 23.8. The molecule has 0 bridgehead atoms. The monoisotopic (exact) mass is 490 g/mol. The summed E-state index contributed by atoms with van der Waals surface area (Å²) in [4.78, 5) is 56.6. The van der Waals surface area contributed by atoms with Gasteiger partial charge >= 0.3 is 6.03 Å². The summed E-state index contributed by atoms with van der Waals surface area (Å²) >= 11 is 0. The van der Waals surface area contributed by atoms with Gasteiger partial charge in [0.2, 0.25) is 0 Å². The van der Waals surface area contributed by atoms with Crippen molar-refractivity contribution in [1.29, 1.82) is 0 Å². The molecule has 0 atom stereocenters. The van der Waals surface area contributed by atoms with Crippen LogP contribution in [0.1, 0.15) is 83.1 Å². The van der Waals surface area contributed by atoms with Crippen LogP contribution >= 0.6 is 0 Å². The van der Waals surface area contributed by atoms with E-state index in [-0.39, 0.29) is 34.2 Å². The molecule has 2 aliphatic rings. The van der Waals surface area contributed by atoms with Gasteiger partial charge in [-0.3, -0.25) is 19.2 Å². The molecule has 2 aliphatic heterocycles. The molecule has 1 spiro atoms. The third kappa shape index (κ3) is 4.76. The highest BCUT2D eigenvalue weighted by Crippen LogP contribution is 2.48. The first-order valence-corrected chi connectivity index (χ1v) is 11.9. The Morgan fingerprint density at radius 1 is 0.600 bits per heavy atom. The number of carbonyl (C=O) groups is 4. The van der Waals surface area contributed by atoms with Gasteiger partial charge in [-0.1, -0.05) is 83.1 Å². The van der Waals surface area contributed by atoms with Gasteiger partial charge in [0.15, 0.2) is 11.6 Å². The van der Waals surface area contributed by atoms with Crippen molar-refractivity contribution in [2.24, 2.45) is 21.7 Å². The van der Waals surface area contributed by atoms with Gasteiger partial charge in [0.05, 0.1) is 0 Å². The van der Waals surface area contributed by atoms with Gasteiger partial charge in [-0.2, -0.15) is 0 Å². The zero-order valence-electron chi connectivity index (χ0n) is 23.8. The quantitative estimate of drug-likeness (QED) is 0.533. The summed E-state index contributed by atoms with van der Waals surface area (Å²) in [5.74, 6) is -1.68. The smallest absolute Gasteiger partial charge is 0.421 e. The first-order chi connectivity index (χ1) is 15.4. The lowest BCUT2D eigenvalue weighted by molar-refractivity contribution is -0.350. The summed E-state index contributed by atoms with van der Waals surface area (Å²) in [5.41, 5.74) is -3.34. The summed E-state index contributed by atoms with van der Waals surface area (Å²) in [6.45, 7) is 21.3. The molecule has 0 saturated heterocycles. The van der Waals surface area contributed by atoms with Crippen LogP contribution in [0.5, 0.6) is 0 Å². The third-order valence-electron chi connectivity index (χ3n) is 5.99. The molecule has 0 aromatic heterocycles. The van der Waals surface area contributed by atoms with E-state index in [1.165, 1.54) is 14.1 Å². The number of nitrogens with zero attached hydrogens (tertiary/aromatic N) is 2. The second-order valence-electron chi connectivity index (χ2n) is 13.5. The lowest BCUT2D eigenvalue weighted by Crippen LogP contribution is -2.70. The highest BCUT2D eigenvalue weighted by atomic mass is 16.8. The molecule has 0 unspecified atom stereocenters. The van der Waals surface area contributed by atoms with Crippen molar-refractivity contribution >= 4 is 23.4 Å². The lowest BCUT2D eigenvalue weighted by atomic mass is 9.79. The van der Waals surface area contributed by atoms with Crippen LogP contribution in [0.2, 0.25) is 0 Å². The fourth-order valence-corrected chi connectivity index (χ4v) is 3.88. The Kier molecular flexibility index (Phi) is 6.70. The van der Waals surface area contributed by atoms with Crippen molar-refractivity contribution in [1.82, 2.24) is 9.80 Å². The molecule has 2 amide bonds. The van der Waals surface area contributed by atoms with Crippen LogP contribution in [-0.4, -0.2) is 53.3 Å². The van der Waals surface area contributed by atoms with Gasteiger partial charge in [0, 0.05) is 35.8 Å². The highest BCUT2D eigenvalue weighted by molar-refractivity contribution is 6.23. The minimum atomic E-state index is -2.00. The Hall–Kier alpha value is -2.64. The Morgan fingerprint density at radius 2 is 0.857 bits per heavy atom. The summed E-state index contributed by atoms with van der Waals surface area (Å²) in [5, 5.41) is 0. The Bertz CT molecular complexity index is 952. The number of Topliss-reactive ketones (excluding diaryl/α,β-unsaturated/α-hetero) is 2. The molecule has 0 aromatic carbocycles. The molecular weight excluding hydrogens is 448 g/mol. The summed E-state index contributed by atoms with van der Waals surface area (Å²) < 4.78 is 12.8. The molecule has 2 heterocycles. The van der Waals surface area contributed by atoms with Gasteiger partial charge < -0.3 is 9.47 Å². The van der Waals surface area contributed by atoms with E-state index in [0.29, 0.717) is 0 Å². The van der Waals surface area contributed by atoms with Crippen LogP contribution in [0.25, 0.3) is 0 Å². The van der Waals surface area contributed by atoms with E-state index in [0.717, 1.165) is 9.80 Å². The number of amides is 2. The van der Waals surface area contributed by atoms with E-state index in [4.69, 9.17) is 9.47 Å². The maximum Gasteiger partial charge on any atom is 0.438 e. The molecule has 196 valence electrons. The number of rotatable bonds is 2. The summed E-state index contributed by atoms with van der Waals surface area (Å²) in [6.07, 6.45) is 0. The van der Waals surface area contributed by atoms with Crippen LogP contribution in [-0.2, 0) is 28.7 Å². The second-order valence-corrected chi connectivity index (χ2v) is 13.5. The Balaban J connectivity index is 2.90. The topological polar surface area (TPSA) is 93.2 Å². The van der Waals surface area contributed by atoms with Crippen molar-refractivity contribution in [3.8, 4) is 0 Å². The summed E-state index contributed by atoms with van der Waals surface area (Å²) in [6, 6.07) is -2.00. The van der Waals surface area contributed by atoms with E-state index in [1.807, 2.05) is 41.5 Å². The molecule has 0 radical (unpaired) electrons. The number of ketones is 2. The number of hydrogen-bond donors (Lipinski definition) is 0. The molecule has 8 nitrogen and oxygen atoms in total. The minimum absolute atomic E-state index is 0.0690. The average molecular weight is 491 g/mol. The second kappa shape index (κ2) is 8.20. The predicted octanol–water partition coefficient (Wildman–Crippen LogP) is 4.41. The molecule has 0 fully saturated rings. The Labute approximate surface area is 209 Å². The van der Waals surface area contributed by atoms with Crippen molar-refractivity contribution in [3.63, 3.8) is 0 Å². The minimum Gasteiger partial charge on any atom is -0.421 e. The largest absolute Gasteiger partial charge is 0.438 e. The van der Waals surface area contributed by atoms with E-state index < -0.39 is 39.5 Å². The standard InChI is InChI=1S/C27H42N2O6/c1-23(2,3)17(30)15-19(25(7,8)9)34-27(28(13)21(15)32)29(14)22(33)16(18(31)24(4,5)6)20(35-27)26(10,11)12/h1-14H3. The average Bonchev–Trinajstić information content (AvgIpc) is 2.65. The molecular formula is C27H42N2O6. The first kappa shape index (κ1) is 28.6. The molecule has 2 rings (SSSR count). The van der Waals surface area contributed by atoms with Gasteiger partial charge in [0.1, 0.15) is 22.7 Å². The first-order valence-electron chi connectivity index (χ1n) is 11.9. The van der Waals surface area contributed by atoms with Crippen molar-refractivity contribution in [3.05, 3.63) is 22.7 Å². The fourth-order valence-electron chi connectivity index (χ4n) is 3.88. The van der Waals surface area contributed by atoms with E-state index in [2.05, 4.69) is 0 Å². The van der Waals surface area contributed by atoms with Gasteiger partial charge in [0.25, 0.3) is 11.8 Å². The van der Waals surface area contributed by atoms with Gasteiger partial charge in [-0.25, -0.2) is 9.80 Å². The SMILES string of the molecule is CN1C(=O)C(C(=O)C(C)(C)C)=C(C(C)(C)C)OC12OC(C(C)(C)C)=C(C(=O)C(C)(C)C)C(=O)N2C. The van der Waals surface area contributed by atoms with E-state index in [9.17, 15) is 19.2 Å². The summed E-state index contributed by atoms with van der Waals surface area (Å²) in [7, 11) is 2.86. The lowest BCUT2D eigenvalue weighted by Gasteiger charge is -2.53. The highest BCUT2D eigenvalue weighted by Gasteiger charge is 2.62. The van der Waals surface area contributed by atoms with Crippen LogP contribution in [0.4, 0.5) is 0 Å². The molecule has 0 aromatic rings. The van der Waals surface area contributed by atoms with E-state index >= 15 is 0 Å². The maximum absolute atomic E-state index is 13.8. The Morgan fingerprint density at radius 3 is 1.06 bits per heavy atom. The normalized spacial score (nSPS) is 19.8. The van der Waals surface area contributed by atoms with Crippen LogP contribution < -0.4 is 0 Å². The number of carbonyl (C=O) groups excluding carboxylic acids is 4. The zero-order chi connectivity index (χ0) is 27.7. The van der Waals surface area contributed by atoms with Crippen molar-refractivity contribution < 1.29 is 28.7 Å². The van der Waals surface area contributed by atoms with E-state index in [1.54, 1.807) is 41.5 Å². The molecule has 35 heavy (non-hydrogen) atoms. The third-order valence-corrected chi connectivity index (χ3v) is 5.99. The number of allylic oxidation sites excluding steroid dienone is 2. The van der Waals surface area contributed by atoms with Crippen LogP contribution in [0, 0.1) is 21.7 Å². The fraction of sp³-hybridized carbons (Fsp3) is 0.704. The van der Waals surface area contributed by atoms with Gasteiger partial charge in [-0.05, 0) is 0 Å². The van der Waals surface area contributed by atoms with Crippen LogP contribution in [0.3, 0.4) is 0 Å². The maximum atomic E-state index is 13.8. The van der Waals surface area contributed by atoms with Crippen LogP contribution in [0.15, 0.2) is 22.7 Å². The number of ether oxygens (including phenoxy) is 2. The predicted molar refractivity (Wildman–Crippen MR) is 132 cm³/mol. The molecule has 8 heteroatoms. The molecule has 0 saturated carbocycles. The van der Waals surface area contributed by atoms with Gasteiger partial charge in [-0.15, -0.1) is 0 Å². The number of likely N-dealkylation sites (N-methyl/N-ethyl adjacent to an activating group) is 2.